The van der Waals surface area contributed by atoms with Crippen molar-refractivity contribution < 1.29 is 19.5 Å². The molecule has 6 heterocycles. The number of hydrogen-bond donors (Lipinski definition) is 0. The van der Waals surface area contributed by atoms with E-state index in [-0.39, 0.29) is 35.7 Å². The third-order valence-electron chi connectivity index (χ3n) is 19.2. The van der Waals surface area contributed by atoms with E-state index in [1.807, 2.05) is 0 Å². The van der Waals surface area contributed by atoms with Crippen LogP contribution in [-0.4, -0.2) is 14.5 Å². The fraction of sp³-hybridized carbons (Fsp3) is 0.229. The average Bonchev–Trinajstić information content (AvgIpc) is 1.42. The maximum Gasteiger partial charge on any atom is 2.00 e. The van der Waals surface area contributed by atoms with Crippen molar-refractivity contribution in [2.24, 2.45) is 0 Å². The summed E-state index contributed by atoms with van der Waals surface area (Å²) in [7, 11) is 0. The molecule has 0 saturated carbocycles. The van der Waals surface area contributed by atoms with Crippen molar-refractivity contribution in [1.82, 2.24) is 24.5 Å². The Hall–Kier alpha value is -8.22. The number of hydrogen-bond acceptors (Lipinski definition) is 2. The van der Waals surface area contributed by atoms with Gasteiger partial charge in [-0.2, -0.15) is 0 Å². The Bertz CT molecular complexity index is 5270. The predicted molar refractivity (Wildman–Crippen MR) is 384 cm³/mol. The molecule has 15 rings (SSSR count). The van der Waals surface area contributed by atoms with Gasteiger partial charge in [0.2, 0.25) is 0 Å². The van der Waals surface area contributed by atoms with Gasteiger partial charge in [0.1, 0.15) is 0 Å². The van der Waals surface area contributed by atoms with Crippen LogP contribution in [0.4, 0.5) is 0 Å². The van der Waals surface area contributed by atoms with Gasteiger partial charge < -0.3 is 14.5 Å². The summed E-state index contributed by atoms with van der Waals surface area (Å²) in [6.07, 6.45) is 8.70. The van der Waals surface area contributed by atoms with Crippen LogP contribution in [0.3, 0.4) is 0 Å². The van der Waals surface area contributed by atoms with E-state index >= 15 is 0 Å². The molecule has 9 aromatic carbocycles. The van der Waals surface area contributed by atoms with Crippen LogP contribution in [0.5, 0.6) is 0 Å². The molecule has 8 bridgehead atoms. The molecule has 0 radical (unpaired) electrons. The zero-order chi connectivity index (χ0) is 62.1. The second-order valence-electron chi connectivity index (χ2n) is 28.8. The fourth-order valence-corrected chi connectivity index (χ4v) is 15.5. The molecule has 0 amide bonds. The van der Waals surface area contributed by atoms with E-state index in [2.05, 4.69) is 288 Å². The van der Waals surface area contributed by atoms with Crippen molar-refractivity contribution in [2.45, 2.75) is 127 Å². The topological polar surface area (TPSA) is 58.9 Å². The third-order valence-corrected chi connectivity index (χ3v) is 20.0. The van der Waals surface area contributed by atoms with E-state index in [1.54, 1.807) is 0 Å². The van der Waals surface area contributed by atoms with Crippen molar-refractivity contribution in [3.63, 3.8) is 0 Å². The smallest absolute Gasteiger partial charge is 0.657 e. The first-order valence-corrected chi connectivity index (χ1v) is 32.3. The first-order valence-electron chi connectivity index (χ1n) is 31.5. The number of fused-ring (bicyclic) bond motifs is 9. The first kappa shape index (κ1) is 59.4. The summed E-state index contributed by atoms with van der Waals surface area (Å²) in [6.45, 7) is 34.8. The number of aromatic nitrogens is 5. The number of aryl methyl sites for hydroxylation is 6. The maximum atomic E-state index is 5.89. The van der Waals surface area contributed by atoms with Crippen LogP contribution >= 0.6 is 15.9 Å². The molecule has 90 heavy (non-hydrogen) atoms. The van der Waals surface area contributed by atoms with E-state index in [0.29, 0.717) is 6.54 Å². The molecule has 2 aliphatic heterocycles. The van der Waals surface area contributed by atoms with Gasteiger partial charge in [-0.15, -0.1) is 22.1 Å². The minimum absolute atomic E-state index is 0. The molecule has 7 heteroatoms. The summed E-state index contributed by atoms with van der Waals surface area (Å²) in [5.41, 5.74) is 30.2. The molecule has 5 nitrogen and oxygen atoms in total. The largest absolute Gasteiger partial charge is 2.00 e. The van der Waals surface area contributed by atoms with Gasteiger partial charge in [-0.1, -0.05) is 201 Å². The molecule has 2 aliphatic rings. The molecule has 13 aromatic rings. The Morgan fingerprint density at radius 1 is 0.389 bits per heavy atom. The molecule has 0 fully saturated rings. The molecular formula is C83H74BrN5Zn. The van der Waals surface area contributed by atoms with Gasteiger partial charge in [0, 0.05) is 32.6 Å². The number of rotatable bonds is 6. The Kier molecular flexibility index (Phi) is 14.0. The van der Waals surface area contributed by atoms with Crippen molar-refractivity contribution >= 4 is 116 Å². The summed E-state index contributed by atoms with van der Waals surface area (Å²) in [5.74, 6) is 0. The summed E-state index contributed by atoms with van der Waals surface area (Å²) in [6, 6.07) is 53.6. The summed E-state index contributed by atoms with van der Waals surface area (Å²) >= 11 is 4.03. The first-order chi connectivity index (χ1) is 42.4. The van der Waals surface area contributed by atoms with Crippen LogP contribution in [-0.2, 0) is 42.3 Å². The van der Waals surface area contributed by atoms with Crippen molar-refractivity contribution in [2.75, 3.05) is 0 Å². The minimum Gasteiger partial charge on any atom is -0.657 e. The number of halogens is 1. The molecule has 0 atom stereocenters. The molecule has 4 aromatic heterocycles. The summed E-state index contributed by atoms with van der Waals surface area (Å²) in [5, 5.41) is 10.1. The van der Waals surface area contributed by atoms with Crippen LogP contribution < -0.4 is 9.97 Å². The molecule has 440 valence electrons. The standard InChI is InChI=1S/C83H74BrN5.Zn/c1-44-34-46(3)71(47(4)35-44)76-63-28-26-61(85-63)75(62-27-29-64(86-62)77(72-48(5)36-45(2)37-49(72)6)66-31-33-68(88-66)80(84)67-32-30-65(76)87-67)60-42-70-79-74-56(19-17-21-58(60)74)55-18-16-20-57-59(51-22-24-52(25-23-51)81(7,8)9)41-69(78(79)73(55)57)89(70)43-50-38-53(82(10,11)12)40-54(39-50)83(13,14)15;/h16-42H,43H2,1-15H3;/q-2;+2. The Labute approximate surface area is 550 Å². The minimum atomic E-state index is -0.0624. The summed E-state index contributed by atoms with van der Waals surface area (Å²) < 4.78 is 3.49. The third kappa shape index (κ3) is 9.54. The van der Waals surface area contributed by atoms with E-state index in [4.69, 9.17) is 19.9 Å². The predicted octanol–water partition coefficient (Wildman–Crippen LogP) is 22.6. The van der Waals surface area contributed by atoms with Gasteiger partial charge >= 0.3 is 19.5 Å². The van der Waals surface area contributed by atoms with Crippen LogP contribution in [0.25, 0.3) is 145 Å². The van der Waals surface area contributed by atoms with E-state index in [9.17, 15) is 0 Å². The monoisotopic (exact) mass is 1280 g/mol. The average molecular weight is 1290 g/mol. The zero-order valence-electron chi connectivity index (χ0n) is 54.6. The second-order valence-corrected chi connectivity index (χ2v) is 29.6. The molecule has 0 unspecified atom stereocenters. The SMILES string of the molecule is Cc1cc(C)c(-c2c3nc(c(-c4cc5c6c7c4cccc7c4cccc7c(-c8ccc(C(C)(C)C)cc8)cc(c6c74)n5Cc4cc(C(C)(C)C)cc(C(C)(C)C)c4)c4ccc([n-]4)c(-c4c(C)cc(C)cc4C)c4nc(c(Br)c5ccc2[n-]5)C=C4)C=C3)c(C)c1.[Zn+2]. The molecule has 0 N–H and O–H groups in total. The van der Waals surface area contributed by atoms with Gasteiger partial charge in [0.05, 0.1) is 33.8 Å². The van der Waals surface area contributed by atoms with Crippen LogP contribution in [0.15, 0.2) is 144 Å². The molecule has 0 aliphatic carbocycles. The van der Waals surface area contributed by atoms with Gasteiger partial charge in [0.25, 0.3) is 0 Å². The van der Waals surface area contributed by atoms with Crippen molar-refractivity contribution in [3.8, 4) is 44.5 Å². The Morgan fingerprint density at radius 2 is 0.789 bits per heavy atom. The second kappa shape index (κ2) is 21.2. The Morgan fingerprint density at radius 3 is 1.28 bits per heavy atom. The van der Waals surface area contributed by atoms with E-state index in [1.165, 1.54) is 115 Å². The van der Waals surface area contributed by atoms with Crippen LogP contribution in [0.2, 0.25) is 0 Å². The van der Waals surface area contributed by atoms with E-state index in [0.717, 1.165) is 88.1 Å². The molecular weight excluding hydrogens is 1210 g/mol. The van der Waals surface area contributed by atoms with Gasteiger partial charge in [-0.25, -0.2) is 9.97 Å². The summed E-state index contributed by atoms with van der Waals surface area (Å²) in [4.78, 5) is 22.7. The molecule has 0 spiro atoms. The number of nitrogens with zero attached hydrogens (tertiary/aromatic N) is 5. The van der Waals surface area contributed by atoms with Crippen LogP contribution in [0, 0.1) is 41.5 Å². The van der Waals surface area contributed by atoms with Crippen molar-refractivity contribution in [1.29, 1.82) is 0 Å². The van der Waals surface area contributed by atoms with E-state index < -0.39 is 0 Å². The fourth-order valence-electron chi connectivity index (χ4n) is 15.0. The zero-order valence-corrected chi connectivity index (χ0v) is 59.2. The van der Waals surface area contributed by atoms with Gasteiger partial charge in [0.15, 0.2) is 0 Å². The molecule has 0 saturated heterocycles. The maximum absolute atomic E-state index is 5.89. The normalized spacial score (nSPS) is 13.0. The number of benzene rings is 9. The quantitative estimate of drug-likeness (QED) is 0.0946. The Balaban J connectivity index is 0.00000707. The van der Waals surface area contributed by atoms with Gasteiger partial charge in [-0.05, 0) is 221 Å². The van der Waals surface area contributed by atoms with Gasteiger partial charge in [-0.3, -0.25) is 0 Å². The van der Waals surface area contributed by atoms with Crippen LogP contribution in [0.1, 0.15) is 141 Å². The van der Waals surface area contributed by atoms with Crippen molar-refractivity contribution in [3.05, 3.63) is 222 Å².